The van der Waals surface area contributed by atoms with E-state index in [4.69, 9.17) is 0 Å². The fourth-order valence-electron chi connectivity index (χ4n) is 3.08. The van der Waals surface area contributed by atoms with E-state index in [9.17, 15) is 8.42 Å². The number of hydrogen-bond donors (Lipinski definition) is 1. The second-order valence-electron chi connectivity index (χ2n) is 6.40. The summed E-state index contributed by atoms with van der Waals surface area (Å²) in [6.07, 6.45) is 5.66. The molecule has 1 aliphatic rings. The minimum Gasteiger partial charge on any atom is -0.268 e. The molecule has 130 valence electrons. The van der Waals surface area contributed by atoms with Crippen molar-refractivity contribution < 1.29 is 8.42 Å². The Morgan fingerprint density at radius 3 is 2.75 bits per heavy atom. The van der Waals surface area contributed by atoms with E-state index in [2.05, 4.69) is 16.7 Å². The van der Waals surface area contributed by atoms with E-state index < -0.39 is 10.2 Å². The van der Waals surface area contributed by atoms with E-state index in [1.165, 1.54) is 0 Å². The molecule has 0 radical (unpaired) electrons. The first-order valence-corrected chi connectivity index (χ1v) is 9.77. The first-order valence-electron chi connectivity index (χ1n) is 8.33. The molecule has 1 saturated heterocycles. The molecule has 1 aliphatic heterocycles. The third-order valence-electron chi connectivity index (χ3n) is 4.41. The van der Waals surface area contributed by atoms with Crippen LogP contribution in [0.25, 0.3) is 0 Å². The van der Waals surface area contributed by atoms with Gasteiger partial charge >= 0.3 is 0 Å². The molecule has 24 heavy (non-hydrogen) atoms. The van der Waals surface area contributed by atoms with Crippen molar-refractivity contribution in [3.8, 4) is 0 Å². The van der Waals surface area contributed by atoms with Crippen LogP contribution in [-0.2, 0) is 23.3 Å². The van der Waals surface area contributed by atoms with Crippen molar-refractivity contribution in [3.05, 3.63) is 53.9 Å². The average molecular weight is 348 g/mol. The number of piperidine rings is 1. The highest BCUT2D eigenvalue weighted by molar-refractivity contribution is 7.87. The van der Waals surface area contributed by atoms with Gasteiger partial charge in [-0.25, -0.2) is 0 Å². The maximum absolute atomic E-state index is 12.5. The van der Waals surface area contributed by atoms with Gasteiger partial charge in [0.25, 0.3) is 10.2 Å². The van der Waals surface area contributed by atoms with Gasteiger partial charge in [-0.2, -0.15) is 22.5 Å². The molecule has 0 spiro atoms. The Labute approximate surface area is 143 Å². The number of nitrogens with one attached hydrogen (secondary N) is 1. The lowest BCUT2D eigenvalue weighted by atomic mass is 10.0. The number of aromatic nitrogens is 2. The second kappa shape index (κ2) is 7.46. The van der Waals surface area contributed by atoms with Crippen molar-refractivity contribution in [2.75, 3.05) is 13.1 Å². The van der Waals surface area contributed by atoms with Gasteiger partial charge < -0.3 is 0 Å². The Hall–Kier alpha value is -1.70. The maximum Gasteiger partial charge on any atom is 0.279 e. The second-order valence-corrected chi connectivity index (χ2v) is 8.16. The lowest BCUT2D eigenvalue weighted by molar-refractivity contribution is 0.278. The minimum atomic E-state index is -3.43. The highest BCUT2D eigenvalue weighted by atomic mass is 32.2. The third kappa shape index (κ3) is 4.23. The van der Waals surface area contributed by atoms with Crippen molar-refractivity contribution in [2.45, 2.75) is 32.9 Å². The summed E-state index contributed by atoms with van der Waals surface area (Å²) >= 11 is 0. The molecule has 1 fully saturated rings. The highest BCUT2D eigenvalue weighted by Crippen LogP contribution is 2.18. The number of rotatable bonds is 6. The van der Waals surface area contributed by atoms with Crippen molar-refractivity contribution in [2.24, 2.45) is 5.92 Å². The standard InChI is InChI=1S/C17H24N4O2S/c1-15-6-4-11-21(13-15)24(22,23)19-12-16-7-2-3-8-17(16)14-20-10-5-9-18-20/h2-3,5,7-10,15,19H,4,6,11-14H2,1H3. The molecule has 0 aliphatic carbocycles. The van der Waals surface area contributed by atoms with Gasteiger partial charge in [0.1, 0.15) is 0 Å². The van der Waals surface area contributed by atoms with Crippen molar-refractivity contribution in [3.63, 3.8) is 0 Å². The zero-order chi connectivity index (χ0) is 17.0. The molecule has 1 N–H and O–H groups in total. The summed E-state index contributed by atoms with van der Waals surface area (Å²) in [6, 6.07) is 9.74. The molecule has 0 saturated carbocycles. The van der Waals surface area contributed by atoms with E-state index in [-0.39, 0.29) is 0 Å². The molecule has 1 aromatic carbocycles. The molecule has 3 rings (SSSR count). The van der Waals surface area contributed by atoms with E-state index in [1.807, 2.05) is 41.2 Å². The predicted molar refractivity (Wildman–Crippen MR) is 93.5 cm³/mol. The smallest absolute Gasteiger partial charge is 0.268 e. The van der Waals surface area contributed by atoms with E-state index in [1.54, 1.807) is 10.5 Å². The monoisotopic (exact) mass is 348 g/mol. The van der Waals surface area contributed by atoms with Gasteiger partial charge in [0, 0.05) is 32.0 Å². The average Bonchev–Trinajstić information content (AvgIpc) is 3.07. The molecule has 1 aromatic heterocycles. The first-order chi connectivity index (χ1) is 11.5. The van der Waals surface area contributed by atoms with Gasteiger partial charge in [0.2, 0.25) is 0 Å². The third-order valence-corrected chi connectivity index (χ3v) is 5.94. The van der Waals surface area contributed by atoms with Crippen molar-refractivity contribution in [1.82, 2.24) is 18.8 Å². The van der Waals surface area contributed by atoms with Crippen LogP contribution < -0.4 is 4.72 Å². The fraction of sp³-hybridized carbons (Fsp3) is 0.471. The molecule has 2 aromatic rings. The Bertz CT molecular complexity index is 759. The van der Waals surface area contributed by atoms with Gasteiger partial charge in [0.15, 0.2) is 0 Å². The van der Waals surface area contributed by atoms with Crippen LogP contribution in [0.15, 0.2) is 42.7 Å². The van der Waals surface area contributed by atoms with Crippen LogP contribution in [0, 0.1) is 5.92 Å². The van der Waals surface area contributed by atoms with Gasteiger partial charge in [-0.05, 0) is 36.0 Å². The fourth-order valence-corrected chi connectivity index (χ4v) is 4.42. The van der Waals surface area contributed by atoms with Crippen LogP contribution >= 0.6 is 0 Å². The SMILES string of the molecule is CC1CCCN(S(=O)(=O)NCc2ccccc2Cn2cccn2)C1. The summed E-state index contributed by atoms with van der Waals surface area (Å²) in [5.74, 6) is 0.419. The molecule has 1 unspecified atom stereocenters. The van der Waals surface area contributed by atoms with Crippen LogP contribution in [0.2, 0.25) is 0 Å². The number of nitrogens with zero attached hydrogens (tertiary/aromatic N) is 3. The first kappa shape index (κ1) is 17.1. The molecule has 2 heterocycles. The quantitative estimate of drug-likeness (QED) is 0.868. The Balaban J connectivity index is 1.68. The number of benzene rings is 1. The zero-order valence-corrected chi connectivity index (χ0v) is 14.7. The van der Waals surface area contributed by atoms with Crippen molar-refractivity contribution >= 4 is 10.2 Å². The molecule has 7 heteroatoms. The van der Waals surface area contributed by atoms with Gasteiger partial charge in [0.05, 0.1) is 6.54 Å². The summed E-state index contributed by atoms with van der Waals surface area (Å²) in [6.45, 7) is 4.23. The Kier molecular flexibility index (Phi) is 5.33. The summed E-state index contributed by atoms with van der Waals surface area (Å²) < 4.78 is 31.2. The van der Waals surface area contributed by atoms with Crippen molar-refractivity contribution in [1.29, 1.82) is 0 Å². The van der Waals surface area contributed by atoms with E-state index >= 15 is 0 Å². The summed E-state index contributed by atoms with van der Waals surface area (Å²) in [7, 11) is -3.43. The van der Waals surface area contributed by atoms with Crippen LogP contribution in [0.3, 0.4) is 0 Å². The van der Waals surface area contributed by atoms with Gasteiger partial charge in [-0.3, -0.25) is 4.68 Å². The summed E-state index contributed by atoms with van der Waals surface area (Å²) in [4.78, 5) is 0. The largest absolute Gasteiger partial charge is 0.279 e. The predicted octanol–water partition coefficient (Wildman–Crippen LogP) is 2.00. The molecular weight excluding hydrogens is 324 g/mol. The van der Waals surface area contributed by atoms with Crippen LogP contribution in [0.4, 0.5) is 0 Å². The molecular formula is C17H24N4O2S. The minimum absolute atomic E-state index is 0.296. The van der Waals surface area contributed by atoms with Crippen LogP contribution in [0.1, 0.15) is 30.9 Å². The molecule has 0 bridgehead atoms. The van der Waals surface area contributed by atoms with Crippen LogP contribution in [-0.4, -0.2) is 35.6 Å². The Morgan fingerprint density at radius 2 is 2.04 bits per heavy atom. The Morgan fingerprint density at radius 1 is 1.25 bits per heavy atom. The maximum atomic E-state index is 12.5. The summed E-state index contributed by atoms with van der Waals surface area (Å²) in [5, 5.41) is 4.21. The molecule has 1 atom stereocenters. The van der Waals surface area contributed by atoms with E-state index in [0.29, 0.717) is 32.1 Å². The topological polar surface area (TPSA) is 67.2 Å². The molecule has 0 amide bonds. The summed E-state index contributed by atoms with van der Waals surface area (Å²) in [5.41, 5.74) is 2.04. The van der Waals surface area contributed by atoms with E-state index in [0.717, 1.165) is 24.0 Å². The van der Waals surface area contributed by atoms with Gasteiger partial charge in [-0.15, -0.1) is 0 Å². The highest BCUT2D eigenvalue weighted by Gasteiger charge is 2.26. The van der Waals surface area contributed by atoms with Gasteiger partial charge in [-0.1, -0.05) is 31.2 Å². The number of hydrogen-bond acceptors (Lipinski definition) is 3. The molecule has 6 nitrogen and oxygen atoms in total. The normalized spacial score (nSPS) is 19.5. The van der Waals surface area contributed by atoms with Crippen LogP contribution in [0.5, 0.6) is 0 Å². The zero-order valence-electron chi connectivity index (χ0n) is 13.9. The lowest BCUT2D eigenvalue weighted by Crippen LogP contribution is -2.45. The lowest BCUT2D eigenvalue weighted by Gasteiger charge is -2.30.